The van der Waals surface area contributed by atoms with Gasteiger partial charge in [0, 0.05) is 29.8 Å². The maximum absolute atomic E-state index is 9.67. The number of hydrogen-bond donors (Lipinski definition) is 1. The van der Waals surface area contributed by atoms with E-state index in [-0.39, 0.29) is 6.10 Å². The Kier molecular flexibility index (Phi) is 2.88. The summed E-state index contributed by atoms with van der Waals surface area (Å²) in [5.41, 5.74) is 0. The molecule has 0 amide bonds. The van der Waals surface area contributed by atoms with Gasteiger partial charge in [-0.2, -0.15) is 5.10 Å². The smallest absolute Gasteiger partial charge is 0.159 e. The molecule has 0 saturated carbocycles. The Labute approximate surface area is 106 Å². The number of aliphatic hydroxyl groups excluding tert-OH is 1. The minimum Gasteiger partial charge on any atom is -0.393 e. The van der Waals surface area contributed by atoms with Gasteiger partial charge in [-0.3, -0.25) is 0 Å². The number of rotatable bonds is 2. The average molecular weight is 243 g/mol. The SMILES string of the molecule is CC(O)C1CCN(c2nncc3ccccc23)C1. The molecule has 3 rings (SSSR count). The lowest BCUT2D eigenvalue weighted by Crippen LogP contribution is -2.25. The summed E-state index contributed by atoms with van der Waals surface area (Å²) in [6, 6.07) is 8.16. The van der Waals surface area contributed by atoms with Crippen molar-refractivity contribution in [2.45, 2.75) is 19.4 Å². The molecule has 2 aromatic rings. The van der Waals surface area contributed by atoms with Crippen LogP contribution in [-0.2, 0) is 0 Å². The number of benzene rings is 1. The van der Waals surface area contributed by atoms with Gasteiger partial charge in [-0.1, -0.05) is 24.3 Å². The Hall–Kier alpha value is -1.68. The van der Waals surface area contributed by atoms with E-state index in [9.17, 15) is 5.11 Å². The van der Waals surface area contributed by atoms with Crippen molar-refractivity contribution in [3.63, 3.8) is 0 Å². The first-order valence-electron chi connectivity index (χ1n) is 6.39. The Balaban J connectivity index is 1.96. The van der Waals surface area contributed by atoms with E-state index in [1.165, 1.54) is 0 Å². The molecule has 1 aromatic carbocycles. The lowest BCUT2D eigenvalue weighted by atomic mass is 10.0. The number of aliphatic hydroxyl groups is 1. The first-order chi connectivity index (χ1) is 8.75. The molecule has 4 nitrogen and oxygen atoms in total. The number of anilines is 1. The largest absolute Gasteiger partial charge is 0.393 e. The fourth-order valence-electron chi connectivity index (χ4n) is 2.62. The normalized spacial score (nSPS) is 21.4. The standard InChI is InChI=1S/C14H17N3O/c1-10(18)12-6-7-17(9-12)14-13-5-3-2-4-11(13)8-15-16-14/h2-5,8,10,12,18H,6-7,9H2,1H3. The second-order valence-electron chi connectivity index (χ2n) is 4.99. The quantitative estimate of drug-likeness (QED) is 0.874. The lowest BCUT2D eigenvalue weighted by molar-refractivity contribution is 0.136. The third-order valence-corrected chi connectivity index (χ3v) is 3.76. The van der Waals surface area contributed by atoms with E-state index in [4.69, 9.17) is 0 Å². The van der Waals surface area contributed by atoms with Crippen LogP contribution >= 0.6 is 0 Å². The van der Waals surface area contributed by atoms with Gasteiger partial charge in [0.25, 0.3) is 0 Å². The Morgan fingerprint density at radius 2 is 2.22 bits per heavy atom. The van der Waals surface area contributed by atoms with Crippen molar-refractivity contribution >= 4 is 16.6 Å². The average Bonchev–Trinajstić information content (AvgIpc) is 2.87. The molecule has 2 unspecified atom stereocenters. The van der Waals surface area contributed by atoms with Crippen LogP contribution in [0.15, 0.2) is 30.5 Å². The van der Waals surface area contributed by atoms with E-state index in [0.717, 1.165) is 36.1 Å². The summed E-state index contributed by atoms with van der Waals surface area (Å²) in [4.78, 5) is 2.23. The molecule has 94 valence electrons. The minimum absolute atomic E-state index is 0.252. The molecule has 1 aromatic heterocycles. The third-order valence-electron chi connectivity index (χ3n) is 3.76. The predicted octanol–water partition coefficient (Wildman–Crippen LogP) is 1.84. The molecule has 1 aliphatic rings. The molecule has 0 aliphatic carbocycles. The molecule has 0 spiro atoms. The first kappa shape index (κ1) is 11.4. The molecular weight excluding hydrogens is 226 g/mol. The highest BCUT2D eigenvalue weighted by Crippen LogP contribution is 2.29. The summed E-state index contributed by atoms with van der Waals surface area (Å²) in [6.07, 6.45) is 2.56. The molecule has 1 aliphatic heterocycles. The molecule has 4 heteroatoms. The van der Waals surface area contributed by atoms with Gasteiger partial charge in [0.15, 0.2) is 5.82 Å². The summed E-state index contributed by atoms with van der Waals surface area (Å²) in [5.74, 6) is 1.28. The molecular formula is C14H17N3O. The topological polar surface area (TPSA) is 49.2 Å². The summed E-state index contributed by atoms with van der Waals surface area (Å²) >= 11 is 0. The highest BCUT2D eigenvalue weighted by molar-refractivity contribution is 5.91. The maximum atomic E-state index is 9.67. The molecule has 0 radical (unpaired) electrons. The van der Waals surface area contributed by atoms with E-state index >= 15 is 0 Å². The van der Waals surface area contributed by atoms with Crippen molar-refractivity contribution in [2.24, 2.45) is 5.92 Å². The first-order valence-corrected chi connectivity index (χ1v) is 6.39. The fraction of sp³-hybridized carbons (Fsp3) is 0.429. The van der Waals surface area contributed by atoms with Gasteiger partial charge in [0.2, 0.25) is 0 Å². The highest BCUT2D eigenvalue weighted by Gasteiger charge is 2.27. The van der Waals surface area contributed by atoms with Crippen LogP contribution in [0.25, 0.3) is 10.8 Å². The summed E-state index contributed by atoms with van der Waals surface area (Å²) in [7, 11) is 0. The molecule has 18 heavy (non-hydrogen) atoms. The van der Waals surface area contributed by atoms with E-state index in [1.54, 1.807) is 6.20 Å². The van der Waals surface area contributed by atoms with E-state index in [0.29, 0.717) is 5.92 Å². The van der Waals surface area contributed by atoms with Gasteiger partial charge < -0.3 is 10.0 Å². The van der Waals surface area contributed by atoms with Crippen LogP contribution in [0.2, 0.25) is 0 Å². The fourth-order valence-corrected chi connectivity index (χ4v) is 2.62. The molecule has 1 fully saturated rings. The van der Waals surface area contributed by atoms with Gasteiger partial charge in [0.05, 0.1) is 12.3 Å². The van der Waals surface area contributed by atoms with Gasteiger partial charge in [0.1, 0.15) is 0 Å². The van der Waals surface area contributed by atoms with Crippen molar-refractivity contribution in [1.82, 2.24) is 10.2 Å². The molecule has 2 atom stereocenters. The van der Waals surface area contributed by atoms with Crippen molar-refractivity contribution < 1.29 is 5.11 Å². The van der Waals surface area contributed by atoms with Crippen LogP contribution in [-0.4, -0.2) is 34.5 Å². The van der Waals surface area contributed by atoms with Crippen LogP contribution in [0.4, 0.5) is 5.82 Å². The number of hydrogen-bond acceptors (Lipinski definition) is 4. The number of fused-ring (bicyclic) bond motifs is 1. The Morgan fingerprint density at radius 3 is 3.00 bits per heavy atom. The molecule has 0 bridgehead atoms. The van der Waals surface area contributed by atoms with Crippen LogP contribution in [0, 0.1) is 5.92 Å². The monoisotopic (exact) mass is 243 g/mol. The zero-order valence-electron chi connectivity index (χ0n) is 10.5. The summed E-state index contributed by atoms with van der Waals surface area (Å²) < 4.78 is 0. The number of nitrogens with zero attached hydrogens (tertiary/aromatic N) is 3. The van der Waals surface area contributed by atoms with Gasteiger partial charge in [-0.25, -0.2) is 0 Å². The van der Waals surface area contributed by atoms with E-state index in [1.807, 2.05) is 19.1 Å². The van der Waals surface area contributed by atoms with Crippen molar-refractivity contribution in [3.05, 3.63) is 30.5 Å². The highest BCUT2D eigenvalue weighted by atomic mass is 16.3. The zero-order chi connectivity index (χ0) is 12.5. The lowest BCUT2D eigenvalue weighted by Gasteiger charge is -2.19. The van der Waals surface area contributed by atoms with Gasteiger partial charge in [-0.15, -0.1) is 5.10 Å². The zero-order valence-corrected chi connectivity index (χ0v) is 10.5. The Bertz CT molecular complexity index is 550. The molecule has 1 N–H and O–H groups in total. The minimum atomic E-state index is -0.252. The van der Waals surface area contributed by atoms with Crippen LogP contribution in [0.5, 0.6) is 0 Å². The van der Waals surface area contributed by atoms with E-state index < -0.39 is 0 Å². The summed E-state index contributed by atoms with van der Waals surface area (Å²) in [5, 5.41) is 20.3. The van der Waals surface area contributed by atoms with Crippen LogP contribution in [0.3, 0.4) is 0 Å². The van der Waals surface area contributed by atoms with Crippen molar-refractivity contribution in [1.29, 1.82) is 0 Å². The van der Waals surface area contributed by atoms with Gasteiger partial charge in [-0.05, 0) is 13.3 Å². The number of aromatic nitrogens is 2. The maximum Gasteiger partial charge on any atom is 0.159 e. The molecule has 1 saturated heterocycles. The summed E-state index contributed by atoms with van der Waals surface area (Å²) in [6.45, 7) is 3.67. The predicted molar refractivity (Wildman–Crippen MR) is 71.5 cm³/mol. The van der Waals surface area contributed by atoms with Crippen LogP contribution in [0.1, 0.15) is 13.3 Å². The van der Waals surface area contributed by atoms with Crippen LogP contribution < -0.4 is 4.90 Å². The van der Waals surface area contributed by atoms with E-state index in [2.05, 4.69) is 27.2 Å². The third kappa shape index (κ3) is 1.93. The van der Waals surface area contributed by atoms with Crippen molar-refractivity contribution in [3.8, 4) is 0 Å². The Morgan fingerprint density at radius 1 is 1.39 bits per heavy atom. The molecule has 2 heterocycles. The van der Waals surface area contributed by atoms with Gasteiger partial charge >= 0.3 is 0 Å². The second kappa shape index (κ2) is 4.53. The second-order valence-corrected chi connectivity index (χ2v) is 4.99. The van der Waals surface area contributed by atoms with Crippen molar-refractivity contribution in [2.75, 3.05) is 18.0 Å².